The van der Waals surface area contributed by atoms with E-state index in [0.29, 0.717) is 5.69 Å². The van der Waals surface area contributed by atoms with E-state index in [1.807, 2.05) is 24.3 Å². The summed E-state index contributed by atoms with van der Waals surface area (Å²) in [6, 6.07) is 13.1. The van der Waals surface area contributed by atoms with Gasteiger partial charge in [-0.3, -0.25) is 0 Å². The highest BCUT2D eigenvalue weighted by molar-refractivity contribution is 5.90. The van der Waals surface area contributed by atoms with Gasteiger partial charge in [-0.1, -0.05) is 57.2 Å². The number of amides is 2. The zero-order valence-electron chi connectivity index (χ0n) is 14.1. The number of anilines is 1. The summed E-state index contributed by atoms with van der Waals surface area (Å²) >= 11 is 0. The van der Waals surface area contributed by atoms with Crippen molar-refractivity contribution in [3.8, 4) is 0 Å². The van der Waals surface area contributed by atoms with E-state index < -0.39 is 18.0 Å². The van der Waals surface area contributed by atoms with Gasteiger partial charge in [-0.05, 0) is 23.1 Å². The summed E-state index contributed by atoms with van der Waals surface area (Å²) in [5.74, 6) is -0.495. The quantitative estimate of drug-likeness (QED) is 0.794. The normalized spacial score (nSPS) is 12.5. The molecule has 0 aliphatic heterocycles. The molecule has 0 bridgehead atoms. The Balaban J connectivity index is 1.99. The number of carbonyl (C=O) groups is 1. The van der Waals surface area contributed by atoms with E-state index in [2.05, 4.69) is 31.4 Å². The summed E-state index contributed by atoms with van der Waals surface area (Å²) < 4.78 is 13.6. The van der Waals surface area contributed by atoms with Crippen molar-refractivity contribution in [1.82, 2.24) is 5.32 Å². The Kier molecular flexibility index (Phi) is 5.57. The van der Waals surface area contributed by atoms with Gasteiger partial charge >= 0.3 is 6.03 Å². The number of carbonyl (C=O) groups excluding carboxylic acids is 1. The first kappa shape index (κ1) is 17.9. The first-order valence-electron chi connectivity index (χ1n) is 7.86. The monoisotopic (exact) mass is 330 g/mol. The number of aliphatic hydroxyl groups is 1. The highest BCUT2D eigenvalue weighted by Gasteiger charge is 2.19. The van der Waals surface area contributed by atoms with Crippen molar-refractivity contribution in [1.29, 1.82) is 0 Å². The maximum atomic E-state index is 13.6. The molecular formula is C19H23FN2O2. The number of para-hydroxylation sites is 1. The Hall–Kier alpha value is -2.40. The Labute approximate surface area is 141 Å². The van der Waals surface area contributed by atoms with Crippen molar-refractivity contribution in [2.45, 2.75) is 32.3 Å². The Morgan fingerprint density at radius 2 is 1.75 bits per heavy atom. The van der Waals surface area contributed by atoms with Crippen LogP contribution in [0.15, 0.2) is 48.5 Å². The molecule has 0 radical (unpaired) electrons. The fourth-order valence-electron chi connectivity index (χ4n) is 2.46. The number of nitrogens with one attached hydrogen (secondary N) is 2. The first-order valence-corrected chi connectivity index (χ1v) is 7.86. The second-order valence-electron chi connectivity index (χ2n) is 6.67. The van der Waals surface area contributed by atoms with Gasteiger partial charge in [0.2, 0.25) is 0 Å². The fourth-order valence-corrected chi connectivity index (χ4v) is 2.46. The van der Waals surface area contributed by atoms with Crippen LogP contribution in [0.1, 0.15) is 38.0 Å². The molecule has 24 heavy (non-hydrogen) atoms. The molecule has 0 saturated carbocycles. The van der Waals surface area contributed by atoms with E-state index in [9.17, 15) is 14.3 Å². The molecule has 0 fully saturated rings. The van der Waals surface area contributed by atoms with Crippen molar-refractivity contribution in [2.24, 2.45) is 0 Å². The van der Waals surface area contributed by atoms with Crippen LogP contribution < -0.4 is 10.6 Å². The first-order chi connectivity index (χ1) is 11.3. The van der Waals surface area contributed by atoms with Crippen molar-refractivity contribution < 1.29 is 14.3 Å². The van der Waals surface area contributed by atoms with Gasteiger partial charge in [-0.25, -0.2) is 9.18 Å². The molecule has 0 aromatic heterocycles. The lowest BCUT2D eigenvalue weighted by atomic mass is 9.86. The SMILES string of the molecule is CC(C)(C)c1ccccc1NC(=O)NCC(O)c1ccccc1F. The van der Waals surface area contributed by atoms with Gasteiger partial charge < -0.3 is 15.7 Å². The van der Waals surface area contributed by atoms with Crippen molar-refractivity contribution in [2.75, 3.05) is 11.9 Å². The van der Waals surface area contributed by atoms with Crippen molar-refractivity contribution >= 4 is 11.7 Å². The molecular weight excluding hydrogens is 307 g/mol. The minimum absolute atomic E-state index is 0.0789. The van der Waals surface area contributed by atoms with Crippen LogP contribution in [0.3, 0.4) is 0 Å². The molecule has 1 unspecified atom stereocenters. The van der Waals surface area contributed by atoms with Crippen LogP contribution in [0.5, 0.6) is 0 Å². The molecule has 1 atom stereocenters. The predicted octanol–water partition coefficient (Wildman–Crippen LogP) is 3.98. The summed E-state index contributed by atoms with van der Waals surface area (Å²) in [4.78, 5) is 12.1. The third-order valence-electron chi connectivity index (χ3n) is 3.70. The second-order valence-corrected chi connectivity index (χ2v) is 6.67. The highest BCUT2D eigenvalue weighted by atomic mass is 19.1. The summed E-state index contributed by atoms with van der Waals surface area (Å²) in [6.07, 6.45) is -1.10. The fraction of sp³-hybridized carbons (Fsp3) is 0.316. The van der Waals surface area contributed by atoms with Crippen molar-refractivity contribution in [3.05, 3.63) is 65.5 Å². The zero-order chi connectivity index (χ0) is 17.7. The van der Waals surface area contributed by atoms with Gasteiger partial charge in [0.25, 0.3) is 0 Å². The number of halogens is 1. The molecule has 0 saturated heterocycles. The summed E-state index contributed by atoms with van der Waals surface area (Å²) in [5.41, 5.74) is 1.77. The maximum absolute atomic E-state index is 13.6. The van der Waals surface area contributed by atoms with Crippen LogP contribution in [0.2, 0.25) is 0 Å². The number of benzene rings is 2. The van der Waals surface area contributed by atoms with Gasteiger partial charge in [-0.2, -0.15) is 0 Å². The number of hydrogen-bond acceptors (Lipinski definition) is 2. The molecule has 0 heterocycles. The Morgan fingerprint density at radius 3 is 2.42 bits per heavy atom. The van der Waals surface area contributed by atoms with E-state index in [1.165, 1.54) is 12.1 Å². The minimum atomic E-state index is -1.10. The van der Waals surface area contributed by atoms with Crippen LogP contribution in [0.25, 0.3) is 0 Å². The lowest BCUT2D eigenvalue weighted by Crippen LogP contribution is -2.33. The van der Waals surface area contributed by atoms with E-state index in [1.54, 1.807) is 12.1 Å². The Morgan fingerprint density at radius 1 is 1.12 bits per heavy atom. The lowest BCUT2D eigenvalue weighted by Gasteiger charge is -2.23. The number of aliphatic hydroxyl groups excluding tert-OH is 1. The van der Waals surface area contributed by atoms with E-state index in [4.69, 9.17) is 0 Å². The van der Waals surface area contributed by atoms with E-state index in [-0.39, 0.29) is 17.5 Å². The van der Waals surface area contributed by atoms with Gasteiger partial charge in [0, 0.05) is 17.8 Å². The Bertz CT molecular complexity index is 711. The number of hydrogen-bond donors (Lipinski definition) is 3. The average Bonchev–Trinajstić information content (AvgIpc) is 2.52. The molecule has 3 N–H and O–H groups in total. The topological polar surface area (TPSA) is 61.4 Å². The number of urea groups is 1. The molecule has 2 aromatic carbocycles. The third kappa shape index (κ3) is 4.55. The van der Waals surface area contributed by atoms with Crippen LogP contribution in [0.4, 0.5) is 14.9 Å². The summed E-state index contributed by atoms with van der Waals surface area (Å²) in [6.45, 7) is 6.11. The molecule has 2 aromatic rings. The average molecular weight is 330 g/mol. The van der Waals surface area contributed by atoms with Crippen LogP contribution in [0, 0.1) is 5.82 Å². The summed E-state index contributed by atoms with van der Waals surface area (Å²) in [7, 11) is 0. The van der Waals surface area contributed by atoms with Crippen LogP contribution in [-0.2, 0) is 5.41 Å². The smallest absolute Gasteiger partial charge is 0.319 e. The van der Waals surface area contributed by atoms with E-state index >= 15 is 0 Å². The molecule has 128 valence electrons. The summed E-state index contributed by atoms with van der Waals surface area (Å²) in [5, 5.41) is 15.4. The lowest BCUT2D eigenvalue weighted by molar-refractivity contribution is 0.170. The van der Waals surface area contributed by atoms with Gasteiger partial charge in [-0.15, -0.1) is 0 Å². The predicted molar refractivity (Wildman–Crippen MR) is 93.5 cm³/mol. The molecule has 0 spiro atoms. The third-order valence-corrected chi connectivity index (χ3v) is 3.70. The van der Waals surface area contributed by atoms with Crippen molar-refractivity contribution in [3.63, 3.8) is 0 Å². The molecule has 0 aliphatic rings. The zero-order valence-corrected chi connectivity index (χ0v) is 14.1. The standard InChI is InChI=1S/C19H23FN2O2/c1-19(2,3)14-9-5-7-11-16(14)22-18(24)21-12-17(23)13-8-4-6-10-15(13)20/h4-11,17,23H,12H2,1-3H3,(H2,21,22,24). The highest BCUT2D eigenvalue weighted by Crippen LogP contribution is 2.29. The molecule has 5 heteroatoms. The maximum Gasteiger partial charge on any atom is 0.319 e. The van der Waals surface area contributed by atoms with Gasteiger partial charge in [0.1, 0.15) is 5.82 Å². The largest absolute Gasteiger partial charge is 0.386 e. The molecule has 2 rings (SSSR count). The second kappa shape index (κ2) is 7.45. The van der Waals surface area contributed by atoms with Gasteiger partial charge in [0.05, 0.1) is 6.10 Å². The minimum Gasteiger partial charge on any atom is -0.386 e. The molecule has 0 aliphatic carbocycles. The van der Waals surface area contributed by atoms with Gasteiger partial charge in [0.15, 0.2) is 0 Å². The van der Waals surface area contributed by atoms with Crippen LogP contribution >= 0.6 is 0 Å². The number of rotatable bonds is 4. The van der Waals surface area contributed by atoms with E-state index in [0.717, 1.165) is 5.56 Å². The molecule has 4 nitrogen and oxygen atoms in total. The molecule has 2 amide bonds. The van der Waals surface area contributed by atoms with Crippen LogP contribution in [-0.4, -0.2) is 17.7 Å².